The Hall–Kier alpha value is -0.600. The van der Waals surface area contributed by atoms with Crippen LogP contribution in [0.5, 0.6) is 0 Å². The summed E-state index contributed by atoms with van der Waals surface area (Å²) in [5.74, 6) is -1.61. The van der Waals surface area contributed by atoms with Gasteiger partial charge in [0, 0.05) is 10.5 Å². The number of rotatable bonds is 3. The average molecular weight is 386 g/mol. The Kier molecular flexibility index (Phi) is 4.99. The molecule has 118 valence electrons. The Morgan fingerprint density at radius 3 is 2.24 bits per heavy atom. The standard InChI is InChI=1S/C13H15BrF3NO2S/c14-9-5-7-10(8-6-9)21(19,20)18-12-4-2-1-3-11(12)13(15,16)17/h5-8,11-12,18H,1-4H2. The van der Waals surface area contributed by atoms with Gasteiger partial charge in [-0.1, -0.05) is 28.8 Å². The number of hydrogen-bond acceptors (Lipinski definition) is 2. The molecule has 0 heterocycles. The van der Waals surface area contributed by atoms with Crippen LogP contribution in [-0.2, 0) is 10.0 Å². The van der Waals surface area contributed by atoms with Gasteiger partial charge in [-0.05, 0) is 37.1 Å². The molecule has 2 unspecified atom stereocenters. The van der Waals surface area contributed by atoms with Gasteiger partial charge in [0.15, 0.2) is 0 Å². The molecule has 1 aromatic carbocycles. The van der Waals surface area contributed by atoms with Crippen molar-refractivity contribution in [3.63, 3.8) is 0 Å². The van der Waals surface area contributed by atoms with Crippen LogP contribution in [0.2, 0.25) is 0 Å². The van der Waals surface area contributed by atoms with Gasteiger partial charge >= 0.3 is 6.18 Å². The fourth-order valence-electron chi connectivity index (χ4n) is 2.54. The fourth-order valence-corrected chi connectivity index (χ4v) is 4.12. The first-order valence-electron chi connectivity index (χ1n) is 6.55. The van der Waals surface area contributed by atoms with E-state index in [1.54, 1.807) is 0 Å². The maximum atomic E-state index is 13.0. The highest BCUT2D eigenvalue weighted by atomic mass is 79.9. The van der Waals surface area contributed by atoms with Crippen LogP contribution < -0.4 is 4.72 Å². The zero-order valence-electron chi connectivity index (χ0n) is 11.0. The summed E-state index contributed by atoms with van der Waals surface area (Å²) in [6.07, 6.45) is -3.13. The van der Waals surface area contributed by atoms with Crippen molar-refractivity contribution in [1.82, 2.24) is 4.72 Å². The zero-order valence-corrected chi connectivity index (χ0v) is 13.4. The van der Waals surface area contributed by atoms with Crippen molar-refractivity contribution in [2.24, 2.45) is 5.92 Å². The molecule has 0 saturated heterocycles. The van der Waals surface area contributed by atoms with Crippen molar-refractivity contribution in [2.75, 3.05) is 0 Å². The van der Waals surface area contributed by atoms with E-state index >= 15 is 0 Å². The highest BCUT2D eigenvalue weighted by molar-refractivity contribution is 9.10. The van der Waals surface area contributed by atoms with Crippen LogP contribution in [0, 0.1) is 5.92 Å². The van der Waals surface area contributed by atoms with Gasteiger partial charge in [-0.15, -0.1) is 0 Å². The second-order valence-corrected chi connectivity index (χ2v) is 7.74. The van der Waals surface area contributed by atoms with Crippen LogP contribution in [0.1, 0.15) is 25.7 Å². The van der Waals surface area contributed by atoms with Crippen LogP contribution in [0.15, 0.2) is 33.6 Å². The Labute approximate surface area is 130 Å². The highest BCUT2D eigenvalue weighted by Gasteiger charge is 2.46. The third kappa shape index (κ3) is 4.20. The molecule has 1 fully saturated rings. The Morgan fingerprint density at radius 2 is 1.67 bits per heavy atom. The van der Waals surface area contributed by atoms with Crippen molar-refractivity contribution in [3.05, 3.63) is 28.7 Å². The van der Waals surface area contributed by atoms with E-state index < -0.39 is 28.2 Å². The number of benzene rings is 1. The molecule has 1 aliphatic carbocycles. The molecule has 0 spiro atoms. The molecule has 0 aromatic heterocycles. The van der Waals surface area contributed by atoms with Crippen molar-refractivity contribution >= 4 is 26.0 Å². The van der Waals surface area contributed by atoms with Crippen LogP contribution >= 0.6 is 15.9 Å². The minimum absolute atomic E-state index is 0.0304. The molecule has 2 rings (SSSR count). The molecule has 1 aromatic rings. The minimum atomic E-state index is -4.38. The molecule has 8 heteroatoms. The van der Waals surface area contributed by atoms with Crippen LogP contribution in [-0.4, -0.2) is 20.6 Å². The summed E-state index contributed by atoms with van der Waals surface area (Å²) >= 11 is 3.18. The highest BCUT2D eigenvalue weighted by Crippen LogP contribution is 2.38. The normalized spacial score (nSPS) is 24.0. The van der Waals surface area contributed by atoms with Gasteiger partial charge in [0.1, 0.15) is 0 Å². The van der Waals surface area contributed by atoms with Gasteiger partial charge < -0.3 is 0 Å². The van der Waals surface area contributed by atoms with Gasteiger partial charge in [0.05, 0.1) is 10.8 Å². The fraction of sp³-hybridized carbons (Fsp3) is 0.538. The van der Waals surface area contributed by atoms with Crippen LogP contribution in [0.3, 0.4) is 0 Å². The molecule has 0 radical (unpaired) electrons. The lowest BCUT2D eigenvalue weighted by Gasteiger charge is -2.33. The van der Waals surface area contributed by atoms with Crippen LogP contribution in [0.4, 0.5) is 13.2 Å². The second-order valence-electron chi connectivity index (χ2n) is 5.11. The first-order chi connectivity index (χ1) is 9.70. The van der Waals surface area contributed by atoms with E-state index in [0.717, 1.165) is 0 Å². The van der Waals surface area contributed by atoms with Crippen molar-refractivity contribution < 1.29 is 21.6 Å². The number of alkyl halides is 3. The van der Waals surface area contributed by atoms with Crippen molar-refractivity contribution in [3.8, 4) is 0 Å². The lowest BCUT2D eigenvalue weighted by Crippen LogP contribution is -2.47. The van der Waals surface area contributed by atoms with E-state index in [-0.39, 0.29) is 17.7 Å². The van der Waals surface area contributed by atoms with E-state index in [0.29, 0.717) is 17.3 Å². The van der Waals surface area contributed by atoms with Gasteiger partial charge in [-0.25, -0.2) is 13.1 Å². The first kappa shape index (κ1) is 16.8. The minimum Gasteiger partial charge on any atom is -0.207 e. The van der Waals surface area contributed by atoms with Crippen molar-refractivity contribution in [2.45, 2.75) is 42.8 Å². The summed E-state index contributed by atoms with van der Waals surface area (Å²) in [5.41, 5.74) is 0. The van der Waals surface area contributed by atoms with E-state index in [1.165, 1.54) is 24.3 Å². The quantitative estimate of drug-likeness (QED) is 0.858. The van der Waals surface area contributed by atoms with E-state index in [2.05, 4.69) is 20.7 Å². The molecule has 3 nitrogen and oxygen atoms in total. The molecule has 21 heavy (non-hydrogen) atoms. The molecular formula is C13H15BrF3NO2S. The predicted molar refractivity (Wildman–Crippen MR) is 76.3 cm³/mol. The molecule has 1 saturated carbocycles. The molecule has 2 atom stereocenters. The summed E-state index contributed by atoms with van der Waals surface area (Å²) in [5, 5.41) is 0. The number of halogens is 4. The number of nitrogens with one attached hydrogen (secondary N) is 1. The van der Waals surface area contributed by atoms with Gasteiger partial charge in [-0.3, -0.25) is 0 Å². The molecular weight excluding hydrogens is 371 g/mol. The maximum Gasteiger partial charge on any atom is 0.393 e. The largest absolute Gasteiger partial charge is 0.393 e. The molecule has 0 amide bonds. The zero-order chi connectivity index (χ0) is 15.7. The molecule has 0 bridgehead atoms. The summed E-state index contributed by atoms with van der Waals surface area (Å²) in [4.78, 5) is -0.0304. The summed E-state index contributed by atoms with van der Waals surface area (Å²) < 4.78 is 66.2. The molecule has 1 N–H and O–H groups in total. The smallest absolute Gasteiger partial charge is 0.207 e. The van der Waals surface area contributed by atoms with Gasteiger partial charge in [0.2, 0.25) is 10.0 Å². The molecule has 0 aliphatic heterocycles. The topological polar surface area (TPSA) is 46.2 Å². The van der Waals surface area contributed by atoms with Crippen LogP contribution in [0.25, 0.3) is 0 Å². The number of hydrogen-bond donors (Lipinski definition) is 1. The monoisotopic (exact) mass is 385 g/mol. The summed E-state index contributed by atoms with van der Waals surface area (Å²) in [6, 6.07) is 4.70. The molecule has 1 aliphatic rings. The Bertz CT molecular complexity index is 586. The third-order valence-electron chi connectivity index (χ3n) is 3.62. The first-order valence-corrected chi connectivity index (χ1v) is 8.82. The summed E-state index contributed by atoms with van der Waals surface area (Å²) in [7, 11) is -3.94. The Morgan fingerprint density at radius 1 is 1.10 bits per heavy atom. The average Bonchev–Trinajstić information content (AvgIpc) is 2.38. The maximum absolute atomic E-state index is 13.0. The van der Waals surface area contributed by atoms with Gasteiger partial charge in [0.25, 0.3) is 0 Å². The second kappa shape index (κ2) is 6.26. The van der Waals surface area contributed by atoms with E-state index in [9.17, 15) is 21.6 Å². The summed E-state index contributed by atoms with van der Waals surface area (Å²) in [6.45, 7) is 0. The third-order valence-corrected chi connectivity index (χ3v) is 5.65. The SMILES string of the molecule is O=S(=O)(NC1CCCCC1C(F)(F)F)c1ccc(Br)cc1. The number of sulfonamides is 1. The van der Waals surface area contributed by atoms with E-state index in [4.69, 9.17) is 0 Å². The lowest BCUT2D eigenvalue weighted by atomic mass is 9.85. The predicted octanol–water partition coefficient (Wildman–Crippen LogP) is 3.85. The lowest BCUT2D eigenvalue weighted by molar-refractivity contribution is -0.187. The van der Waals surface area contributed by atoms with E-state index in [1.807, 2.05) is 0 Å². The Balaban J connectivity index is 2.20. The van der Waals surface area contributed by atoms with Gasteiger partial charge in [-0.2, -0.15) is 13.2 Å². The van der Waals surface area contributed by atoms with Crippen molar-refractivity contribution in [1.29, 1.82) is 0 Å².